The van der Waals surface area contributed by atoms with Crippen LogP contribution in [0.2, 0.25) is 0 Å². The lowest BCUT2D eigenvalue weighted by Gasteiger charge is -2.33. The molecule has 1 unspecified atom stereocenters. The second kappa shape index (κ2) is 7.66. The van der Waals surface area contributed by atoms with E-state index in [4.69, 9.17) is 0 Å². The molecular formula is C20H25N3O2. The van der Waals surface area contributed by atoms with Gasteiger partial charge in [0, 0.05) is 38.6 Å². The number of aromatic nitrogens is 2. The van der Waals surface area contributed by atoms with Gasteiger partial charge in [0.05, 0.1) is 0 Å². The van der Waals surface area contributed by atoms with Gasteiger partial charge in [-0.3, -0.25) is 4.79 Å². The summed E-state index contributed by atoms with van der Waals surface area (Å²) >= 11 is 0. The smallest absolute Gasteiger partial charge is 0.246 e. The molecule has 0 saturated carbocycles. The fourth-order valence-electron chi connectivity index (χ4n) is 3.36. The fraction of sp³-hybridized carbons (Fsp3) is 0.400. The highest BCUT2D eigenvalue weighted by Crippen LogP contribution is 2.29. The third-order valence-electron chi connectivity index (χ3n) is 4.88. The van der Waals surface area contributed by atoms with E-state index in [0.29, 0.717) is 18.9 Å². The number of hydrogen-bond acceptors (Lipinski definition) is 3. The predicted molar refractivity (Wildman–Crippen MR) is 97.7 cm³/mol. The molecule has 1 aromatic heterocycles. The summed E-state index contributed by atoms with van der Waals surface area (Å²) in [7, 11) is 1.89. The number of imidazole rings is 1. The third-order valence-corrected chi connectivity index (χ3v) is 4.88. The van der Waals surface area contributed by atoms with E-state index in [0.717, 1.165) is 18.4 Å². The molecule has 0 bridgehead atoms. The maximum Gasteiger partial charge on any atom is 0.246 e. The first-order valence-corrected chi connectivity index (χ1v) is 8.73. The SMILES string of the molecule is Cc1cccc(/C=C/C(=O)N2CCC(C(O)c3nccn3C)CC2)c1. The minimum Gasteiger partial charge on any atom is -0.385 e. The average Bonchev–Trinajstić information content (AvgIpc) is 3.05. The predicted octanol–water partition coefficient (Wildman–Crippen LogP) is 2.71. The third kappa shape index (κ3) is 4.17. The molecule has 1 aliphatic heterocycles. The van der Waals surface area contributed by atoms with Crippen LogP contribution >= 0.6 is 0 Å². The summed E-state index contributed by atoms with van der Waals surface area (Å²) in [6, 6.07) is 8.08. The molecular weight excluding hydrogens is 314 g/mol. The van der Waals surface area contributed by atoms with Crippen molar-refractivity contribution in [1.29, 1.82) is 0 Å². The Morgan fingerprint density at radius 1 is 1.36 bits per heavy atom. The molecule has 1 atom stereocenters. The largest absolute Gasteiger partial charge is 0.385 e. The molecule has 132 valence electrons. The van der Waals surface area contributed by atoms with Crippen molar-refractivity contribution >= 4 is 12.0 Å². The van der Waals surface area contributed by atoms with Crippen LogP contribution in [0.25, 0.3) is 6.08 Å². The molecule has 1 fully saturated rings. The number of aliphatic hydroxyl groups is 1. The zero-order chi connectivity index (χ0) is 17.8. The van der Waals surface area contributed by atoms with E-state index in [1.165, 1.54) is 5.56 Å². The molecule has 0 aliphatic carbocycles. The van der Waals surface area contributed by atoms with Crippen molar-refractivity contribution < 1.29 is 9.90 Å². The topological polar surface area (TPSA) is 58.4 Å². The Labute approximate surface area is 148 Å². The number of aliphatic hydroxyl groups excluding tert-OH is 1. The Morgan fingerprint density at radius 2 is 2.12 bits per heavy atom. The van der Waals surface area contributed by atoms with E-state index in [-0.39, 0.29) is 11.8 Å². The quantitative estimate of drug-likeness (QED) is 0.872. The van der Waals surface area contributed by atoms with Crippen LogP contribution < -0.4 is 0 Å². The number of aryl methyl sites for hydroxylation is 2. The zero-order valence-corrected chi connectivity index (χ0v) is 14.8. The highest BCUT2D eigenvalue weighted by molar-refractivity contribution is 5.91. The molecule has 1 N–H and O–H groups in total. The van der Waals surface area contributed by atoms with E-state index in [9.17, 15) is 9.90 Å². The number of benzene rings is 1. The van der Waals surface area contributed by atoms with Crippen molar-refractivity contribution in [2.75, 3.05) is 13.1 Å². The highest BCUT2D eigenvalue weighted by atomic mass is 16.3. The molecule has 2 heterocycles. The van der Waals surface area contributed by atoms with Crippen LogP contribution in [-0.4, -0.2) is 38.6 Å². The zero-order valence-electron chi connectivity index (χ0n) is 14.8. The normalized spacial score (nSPS) is 17.2. The Balaban J connectivity index is 1.55. The summed E-state index contributed by atoms with van der Waals surface area (Å²) in [5, 5.41) is 10.5. The molecule has 3 rings (SSSR count). The van der Waals surface area contributed by atoms with Crippen molar-refractivity contribution in [2.24, 2.45) is 13.0 Å². The Kier molecular flexibility index (Phi) is 5.34. The van der Waals surface area contributed by atoms with Crippen LogP contribution in [0.15, 0.2) is 42.7 Å². The van der Waals surface area contributed by atoms with E-state index in [1.807, 2.05) is 53.9 Å². The number of piperidine rings is 1. The van der Waals surface area contributed by atoms with Gasteiger partial charge in [-0.1, -0.05) is 29.8 Å². The van der Waals surface area contributed by atoms with Crippen molar-refractivity contribution in [3.8, 4) is 0 Å². The maximum absolute atomic E-state index is 12.4. The minimum absolute atomic E-state index is 0.0337. The molecule has 1 saturated heterocycles. The van der Waals surface area contributed by atoms with Crippen LogP contribution in [0.1, 0.15) is 35.9 Å². The van der Waals surface area contributed by atoms with E-state index >= 15 is 0 Å². The van der Waals surface area contributed by atoms with Crippen LogP contribution in [0.5, 0.6) is 0 Å². The highest BCUT2D eigenvalue weighted by Gasteiger charge is 2.29. The summed E-state index contributed by atoms with van der Waals surface area (Å²) in [6.45, 7) is 3.38. The van der Waals surface area contributed by atoms with Gasteiger partial charge in [0.15, 0.2) is 0 Å². The van der Waals surface area contributed by atoms with Gasteiger partial charge < -0.3 is 14.6 Å². The molecule has 5 nitrogen and oxygen atoms in total. The Bertz CT molecular complexity index is 758. The number of carbonyl (C=O) groups excluding carboxylic acids is 1. The number of carbonyl (C=O) groups is 1. The van der Waals surface area contributed by atoms with Gasteiger partial charge in [0.1, 0.15) is 11.9 Å². The fourth-order valence-corrected chi connectivity index (χ4v) is 3.36. The number of hydrogen-bond donors (Lipinski definition) is 1. The van der Waals surface area contributed by atoms with Crippen molar-refractivity contribution in [1.82, 2.24) is 14.5 Å². The number of nitrogens with zero attached hydrogens (tertiary/aromatic N) is 3. The van der Waals surface area contributed by atoms with Gasteiger partial charge in [-0.2, -0.15) is 0 Å². The molecule has 1 aromatic carbocycles. The second-order valence-corrected chi connectivity index (χ2v) is 6.75. The number of amides is 1. The van der Waals surface area contributed by atoms with E-state index in [2.05, 4.69) is 11.1 Å². The molecule has 25 heavy (non-hydrogen) atoms. The minimum atomic E-state index is -0.569. The summed E-state index contributed by atoms with van der Waals surface area (Å²) in [4.78, 5) is 18.5. The summed E-state index contributed by atoms with van der Waals surface area (Å²) in [6.07, 6.45) is 8.06. The number of likely N-dealkylation sites (tertiary alicyclic amines) is 1. The molecule has 0 spiro atoms. The van der Waals surface area contributed by atoms with Crippen LogP contribution in [-0.2, 0) is 11.8 Å². The van der Waals surface area contributed by atoms with Crippen molar-refractivity contribution in [3.05, 3.63) is 59.7 Å². The van der Waals surface area contributed by atoms with Crippen LogP contribution in [0.4, 0.5) is 0 Å². The first-order chi connectivity index (χ1) is 12.0. The molecule has 1 aliphatic rings. The van der Waals surface area contributed by atoms with Crippen molar-refractivity contribution in [2.45, 2.75) is 25.9 Å². The standard InChI is InChI=1S/C20H25N3O2/c1-15-4-3-5-16(14-15)6-7-18(24)23-11-8-17(9-12-23)19(25)20-21-10-13-22(20)2/h3-7,10,13-14,17,19,25H,8-9,11-12H2,1-2H3/b7-6+. The second-order valence-electron chi connectivity index (χ2n) is 6.75. The monoisotopic (exact) mass is 339 g/mol. The molecule has 2 aromatic rings. The van der Waals surface area contributed by atoms with Gasteiger partial charge in [-0.25, -0.2) is 4.98 Å². The lowest BCUT2D eigenvalue weighted by atomic mass is 9.90. The molecule has 0 radical (unpaired) electrons. The van der Waals surface area contributed by atoms with E-state index < -0.39 is 6.10 Å². The van der Waals surface area contributed by atoms with Crippen LogP contribution in [0.3, 0.4) is 0 Å². The van der Waals surface area contributed by atoms with Gasteiger partial charge >= 0.3 is 0 Å². The lowest BCUT2D eigenvalue weighted by molar-refractivity contribution is -0.128. The lowest BCUT2D eigenvalue weighted by Crippen LogP contribution is -2.39. The molecule has 5 heteroatoms. The molecule has 1 amide bonds. The van der Waals surface area contributed by atoms with E-state index in [1.54, 1.807) is 12.3 Å². The Morgan fingerprint density at radius 3 is 2.76 bits per heavy atom. The maximum atomic E-state index is 12.4. The first-order valence-electron chi connectivity index (χ1n) is 8.73. The summed E-state index contributed by atoms with van der Waals surface area (Å²) in [5.74, 6) is 0.876. The van der Waals surface area contributed by atoms with Crippen LogP contribution in [0, 0.1) is 12.8 Å². The first kappa shape index (κ1) is 17.4. The van der Waals surface area contributed by atoms with Gasteiger partial charge in [-0.05, 0) is 37.3 Å². The Hall–Kier alpha value is -2.40. The van der Waals surface area contributed by atoms with Crippen molar-refractivity contribution in [3.63, 3.8) is 0 Å². The average molecular weight is 339 g/mol. The van der Waals surface area contributed by atoms with Gasteiger partial charge in [0.2, 0.25) is 5.91 Å². The number of rotatable bonds is 4. The summed E-state index contributed by atoms with van der Waals surface area (Å²) in [5.41, 5.74) is 2.21. The van der Waals surface area contributed by atoms with Gasteiger partial charge in [0.25, 0.3) is 0 Å². The van der Waals surface area contributed by atoms with Gasteiger partial charge in [-0.15, -0.1) is 0 Å². The summed E-state index contributed by atoms with van der Waals surface area (Å²) < 4.78 is 1.85.